The number of esters is 2. The molecule has 1 fully saturated rings. The Morgan fingerprint density at radius 1 is 1.00 bits per heavy atom. The van der Waals surface area contributed by atoms with Gasteiger partial charge in [-0.2, -0.15) is 0 Å². The van der Waals surface area contributed by atoms with Crippen LogP contribution in [0.2, 0.25) is 0 Å². The molecule has 4 heteroatoms. The number of unbranched alkanes of at least 4 members (excludes halogenated alkanes) is 2. The number of ether oxygens (including phenoxy) is 2. The number of hydrogen-bond donors (Lipinski definition) is 0. The molecule has 0 aromatic heterocycles. The molecule has 1 aliphatic rings. The lowest BCUT2D eigenvalue weighted by atomic mass is 9.73. The first-order chi connectivity index (χ1) is 13.1. The smallest absolute Gasteiger partial charge is 0.320 e. The predicted molar refractivity (Wildman–Crippen MR) is 107 cm³/mol. The minimum atomic E-state index is -0.781. The number of rotatable bonds is 9. The van der Waals surface area contributed by atoms with Crippen LogP contribution in [-0.4, -0.2) is 25.7 Å². The van der Waals surface area contributed by atoms with Crippen LogP contribution in [0, 0.1) is 11.8 Å². The summed E-state index contributed by atoms with van der Waals surface area (Å²) in [5.41, 5.74) is 2.78. The van der Waals surface area contributed by atoms with E-state index in [2.05, 4.69) is 31.2 Å². The van der Waals surface area contributed by atoms with Crippen molar-refractivity contribution >= 4 is 11.9 Å². The summed E-state index contributed by atoms with van der Waals surface area (Å²) in [4.78, 5) is 24.3. The van der Waals surface area contributed by atoms with E-state index in [4.69, 9.17) is 9.47 Å². The Hall–Kier alpha value is -1.84. The van der Waals surface area contributed by atoms with Crippen LogP contribution in [0.5, 0.6) is 0 Å². The lowest BCUT2D eigenvalue weighted by Gasteiger charge is -2.31. The van der Waals surface area contributed by atoms with Crippen LogP contribution in [0.25, 0.3) is 0 Å². The summed E-state index contributed by atoms with van der Waals surface area (Å²) in [6.45, 7) is 4.27. The van der Waals surface area contributed by atoms with Gasteiger partial charge in [-0.25, -0.2) is 0 Å². The summed E-state index contributed by atoms with van der Waals surface area (Å²) in [6.07, 6.45) is 8.63. The molecular weight excluding hydrogens is 340 g/mol. The third-order valence-corrected chi connectivity index (χ3v) is 5.76. The molecule has 1 aromatic rings. The molecule has 150 valence electrons. The SMILES string of the molecule is CCCCCc1ccc(C2CCC(C(C(=O)OC)C(=O)OCC)CC2)cc1. The number of benzene rings is 1. The molecule has 4 nitrogen and oxygen atoms in total. The second-order valence-corrected chi connectivity index (χ2v) is 7.56. The highest BCUT2D eigenvalue weighted by Crippen LogP contribution is 2.39. The summed E-state index contributed by atoms with van der Waals surface area (Å²) in [6, 6.07) is 9.03. The second-order valence-electron chi connectivity index (χ2n) is 7.56. The quantitative estimate of drug-likeness (QED) is 0.345. The van der Waals surface area contributed by atoms with Crippen LogP contribution in [0.15, 0.2) is 24.3 Å². The van der Waals surface area contributed by atoms with E-state index in [1.807, 2.05) is 0 Å². The zero-order chi connectivity index (χ0) is 19.6. The van der Waals surface area contributed by atoms with Crippen LogP contribution >= 0.6 is 0 Å². The number of carbonyl (C=O) groups is 2. The highest BCUT2D eigenvalue weighted by atomic mass is 16.5. The van der Waals surface area contributed by atoms with Gasteiger partial charge in [0.1, 0.15) is 0 Å². The van der Waals surface area contributed by atoms with Crippen LogP contribution in [0.1, 0.15) is 75.8 Å². The first-order valence-corrected chi connectivity index (χ1v) is 10.4. The van der Waals surface area contributed by atoms with Crippen molar-refractivity contribution in [1.82, 2.24) is 0 Å². The molecule has 1 atom stereocenters. The van der Waals surface area contributed by atoms with Gasteiger partial charge in [-0.05, 0) is 68.4 Å². The van der Waals surface area contributed by atoms with E-state index in [1.165, 1.54) is 37.5 Å². The molecule has 1 aromatic carbocycles. The van der Waals surface area contributed by atoms with Gasteiger partial charge in [0.2, 0.25) is 0 Å². The van der Waals surface area contributed by atoms with Crippen LogP contribution in [0.3, 0.4) is 0 Å². The van der Waals surface area contributed by atoms with E-state index in [1.54, 1.807) is 6.92 Å². The molecule has 0 aliphatic heterocycles. The lowest BCUT2D eigenvalue weighted by molar-refractivity contribution is -0.163. The molecule has 0 bridgehead atoms. The van der Waals surface area contributed by atoms with Gasteiger partial charge in [-0.15, -0.1) is 0 Å². The predicted octanol–water partition coefficient (Wildman–Crippen LogP) is 5.05. The number of methoxy groups -OCH3 is 1. The zero-order valence-electron chi connectivity index (χ0n) is 17.0. The third kappa shape index (κ3) is 6.08. The summed E-state index contributed by atoms with van der Waals surface area (Å²) >= 11 is 0. The van der Waals surface area contributed by atoms with E-state index >= 15 is 0 Å². The van der Waals surface area contributed by atoms with Gasteiger partial charge in [-0.1, -0.05) is 44.0 Å². The normalized spacial score (nSPS) is 20.7. The molecule has 0 radical (unpaired) electrons. The maximum atomic E-state index is 12.2. The van der Waals surface area contributed by atoms with Gasteiger partial charge < -0.3 is 9.47 Å². The Bertz CT molecular complexity index is 585. The van der Waals surface area contributed by atoms with Crippen LogP contribution < -0.4 is 0 Å². The number of aryl methyl sites for hydroxylation is 1. The van der Waals surface area contributed by atoms with Gasteiger partial charge in [0.15, 0.2) is 5.92 Å². The number of carbonyl (C=O) groups excluding carboxylic acids is 2. The lowest BCUT2D eigenvalue weighted by Crippen LogP contribution is -2.35. The van der Waals surface area contributed by atoms with E-state index < -0.39 is 17.9 Å². The molecule has 0 heterocycles. The fourth-order valence-electron chi connectivity index (χ4n) is 4.16. The van der Waals surface area contributed by atoms with Crippen molar-refractivity contribution in [3.05, 3.63) is 35.4 Å². The average Bonchev–Trinajstić information content (AvgIpc) is 2.69. The van der Waals surface area contributed by atoms with Gasteiger partial charge in [0.05, 0.1) is 13.7 Å². The minimum absolute atomic E-state index is 0.0149. The topological polar surface area (TPSA) is 52.6 Å². The van der Waals surface area contributed by atoms with Crippen molar-refractivity contribution in [2.75, 3.05) is 13.7 Å². The summed E-state index contributed by atoms with van der Waals surface area (Å²) in [5, 5.41) is 0. The number of hydrogen-bond acceptors (Lipinski definition) is 4. The van der Waals surface area contributed by atoms with Crippen molar-refractivity contribution in [3.63, 3.8) is 0 Å². The maximum absolute atomic E-state index is 12.2. The summed E-state index contributed by atoms with van der Waals surface area (Å²) in [5.74, 6) is -1.16. The molecule has 1 saturated carbocycles. The first kappa shape index (κ1) is 21.5. The Labute approximate surface area is 163 Å². The Morgan fingerprint density at radius 2 is 1.67 bits per heavy atom. The van der Waals surface area contributed by atoms with Gasteiger partial charge in [0, 0.05) is 0 Å². The molecule has 0 spiro atoms. The zero-order valence-corrected chi connectivity index (χ0v) is 17.0. The van der Waals surface area contributed by atoms with Crippen molar-refractivity contribution in [3.8, 4) is 0 Å². The molecule has 1 unspecified atom stereocenters. The van der Waals surface area contributed by atoms with Gasteiger partial charge in [0.25, 0.3) is 0 Å². The summed E-state index contributed by atoms with van der Waals surface area (Å²) < 4.78 is 9.96. The highest BCUT2D eigenvalue weighted by molar-refractivity contribution is 5.95. The van der Waals surface area contributed by atoms with Crippen LogP contribution in [0.4, 0.5) is 0 Å². The maximum Gasteiger partial charge on any atom is 0.320 e. The molecule has 0 saturated heterocycles. The van der Waals surface area contributed by atoms with E-state index in [0.29, 0.717) is 5.92 Å². The largest absolute Gasteiger partial charge is 0.468 e. The summed E-state index contributed by atoms with van der Waals surface area (Å²) in [7, 11) is 1.34. The Balaban J connectivity index is 1.93. The Morgan fingerprint density at radius 3 is 2.22 bits per heavy atom. The molecule has 0 N–H and O–H groups in total. The fraction of sp³-hybridized carbons (Fsp3) is 0.652. The van der Waals surface area contributed by atoms with Gasteiger partial charge in [-0.3, -0.25) is 9.59 Å². The van der Waals surface area contributed by atoms with E-state index in [0.717, 1.165) is 32.1 Å². The van der Waals surface area contributed by atoms with Crippen molar-refractivity contribution in [1.29, 1.82) is 0 Å². The molecule has 0 amide bonds. The van der Waals surface area contributed by atoms with Crippen molar-refractivity contribution < 1.29 is 19.1 Å². The second kappa shape index (κ2) is 11.1. The minimum Gasteiger partial charge on any atom is -0.468 e. The molecular formula is C23H34O4. The third-order valence-electron chi connectivity index (χ3n) is 5.76. The highest BCUT2D eigenvalue weighted by Gasteiger charge is 2.39. The van der Waals surface area contributed by atoms with Crippen molar-refractivity contribution in [2.45, 2.75) is 71.1 Å². The Kier molecular flexibility index (Phi) is 8.83. The van der Waals surface area contributed by atoms with E-state index in [9.17, 15) is 9.59 Å². The molecule has 27 heavy (non-hydrogen) atoms. The molecule has 1 aliphatic carbocycles. The molecule has 2 rings (SSSR count). The standard InChI is InChI=1S/C23H34O4/c1-4-6-7-8-17-9-11-18(12-10-17)19-13-15-20(16-14-19)21(22(24)26-3)23(25)27-5-2/h9-12,19-21H,4-8,13-16H2,1-3H3. The first-order valence-electron chi connectivity index (χ1n) is 10.4. The average molecular weight is 375 g/mol. The fourth-order valence-corrected chi connectivity index (χ4v) is 4.16. The van der Waals surface area contributed by atoms with Crippen LogP contribution in [-0.2, 0) is 25.5 Å². The van der Waals surface area contributed by atoms with Crippen molar-refractivity contribution in [2.24, 2.45) is 11.8 Å². The van der Waals surface area contributed by atoms with E-state index in [-0.39, 0.29) is 12.5 Å². The monoisotopic (exact) mass is 374 g/mol. The van der Waals surface area contributed by atoms with Gasteiger partial charge >= 0.3 is 11.9 Å².